The molecule has 4 fully saturated rings. The number of halogens is 2. The molecule has 1 nitrogen and oxygen atoms in total. The minimum atomic E-state index is 0.180. The first-order valence-corrected chi connectivity index (χ1v) is 14.8. The molecule has 0 saturated heterocycles. The van der Waals surface area contributed by atoms with Crippen molar-refractivity contribution in [2.75, 3.05) is 4.90 Å². The van der Waals surface area contributed by atoms with Gasteiger partial charge in [0.15, 0.2) is 0 Å². The second-order valence-electron chi connectivity index (χ2n) is 12.2. The quantitative estimate of drug-likeness (QED) is 0.252. The van der Waals surface area contributed by atoms with Gasteiger partial charge in [-0.2, -0.15) is 0 Å². The zero-order valence-electron chi connectivity index (χ0n) is 21.6. The molecule has 5 aliphatic rings. The Labute approximate surface area is 235 Å². The first-order chi connectivity index (χ1) is 18.5. The second kappa shape index (κ2) is 8.38. The summed E-state index contributed by atoms with van der Waals surface area (Å²) in [4.78, 5) is 2.27. The van der Waals surface area contributed by atoms with Crippen molar-refractivity contribution >= 4 is 40.3 Å². The van der Waals surface area contributed by atoms with Crippen LogP contribution in [0.2, 0.25) is 10.0 Å². The van der Waals surface area contributed by atoms with Crippen molar-refractivity contribution in [1.82, 2.24) is 0 Å². The summed E-state index contributed by atoms with van der Waals surface area (Å²) in [5.74, 6) is 3.42. The monoisotopic (exact) mass is 535 g/mol. The maximum Gasteiger partial charge on any atom is 0.0832 e. The summed E-state index contributed by atoms with van der Waals surface area (Å²) in [6, 6.07) is 31.1. The van der Waals surface area contributed by atoms with Crippen molar-refractivity contribution in [1.29, 1.82) is 0 Å². The minimum Gasteiger partial charge on any atom is -0.309 e. The standard InChI is InChI=1S/C35H31Cl2N/c1-21-13-32(36)34(37)33(14-21)38(26-7-3-2-4-8-26)27-11-12-31-29(20-27)28-9-5-6-10-30(28)35(31)24-16-22-15-23(18-24)19-25(35)17-22/h2-14,20,22-25H,15-19H2,1H3. The molecule has 0 amide bonds. The van der Waals surface area contributed by atoms with Gasteiger partial charge in [0, 0.05) is 16.8 Å². The largest absolute Gasteiger partial charge is 0.309 e. The van der Waals surface area contributed by atoms with E-state index in [1.54, 1.807) is 11.1 Å². The molecule has 4 aromatic carbocycles. The van der Waals surface area contributed by atoms with E-state index < -0.39 is 0 Å². The van der Waals surface area contributed by atoms with Crippen LogP contribution in [0.15, 0.2) is 84.9 Å². The zero-order valence-corrected chi connectivity index (χ0v) is 23.1. The van der Waals surface area contributed by atoms with Crippen molar-refractivity contribution in [3.63, 3.8) is 0 Å². The third-order valence-electron chi connectivity index (χ3n) is 10.2. The van der Waals surface area contributed by atoms with Gasteiger partial charge in [0.1, 0.15) is 0 Å². The molecule has 9 rings (SSSR count). The van der Waals surface area contributed by atoms with Gasteiger partial charge in [0.05, 0.1) is 15.7 Å². The summed E-state index contributed by atoms with van der Waals surface area (Å²) >= 11 is 13.5. The lowest BCUT2D eigenvalue weighted by Crippen LogP contribution is -2.55. The number of para-hydroxylation sites is 1. The van der Waals surface area contributed by atoms with E-state index in [1.807, 2.05) is 6.07 Å². The van der Waals surface area contributed by atoms with Gasteiger partial charge in [0.25, 0.3) is 0 Å². The number of fused-ring (bicyclic) bond motifs is 3. The Hall–Kier alpha value is -2.74. The van der Waals surface area contributed by atoms with Crippen LogP contribution >= 0.6 is 23.2 Å². The normalized spacial score (nSPS) is 28.0. The Bertz CT molecular complexity index is 1540. The second-order valence-corrected chi connectivity index (χ2v) is 13.0. The first kappa shape index (κ1) is 23.2. The zero-order chi connectivity index (χ0) is 25.6. The highest BCUT2D eigenvalue weighted by atomic mass is 35.5. The molecule has 5 aliphatic carbocycles. The molecule has 4 bridgehead atoms. The lowest BCUT2D eigenvalue weighted by molar-refractivity contribution is -0.0399. The van der Waals surface area contributed by atoms with Gasteiger partial charge in [0.2, 0.25) is 0 Å². The van der Waals surface area contributed by atoms with E-state index in [-0.39, 0.29) is 5.41 Å². The molecule has 190 valence electrons. The molecule has 0 N–H and O–H groups in total. The van der Waals surface area contributed by atoms with Crippen LogP contribution < -0.4 is 4.90 Å². The summed E-state index contributed by atoms with van der Waals surface area (Å²) in [7, 11) is 0. The molecule has 0 radical (unpaired) electrons. The highest BCUT2D eigenvalue weighted by molar-refractivity contribution is 6.44. The van der Waals surface area contributed by atoms with E-state index in [0.29, 0.717) is 10.0 Å². The Morgan fingerprint density at radius 3 is 2.05 bits per heavy atom. The van der Waals surface area contributed by atoms with Gasteiger partial charge >= 0.3 is 0 Å². The Morgan fingerprint density at radius 1 is 0.658 bits per heavy atom. The van der Waals surface area contributed by atoms with Gasteiger partial charge in [-0.05, 0) is 127 Å². The molecule has 4 aromatic rings. The average molecular weight is 537 g/mol. The van der Waals surface area contributed by atoms with Crippen LogP contribution in [0.4, 0.5) is 17.1 Å². The molecule has 0 unspecified atom stereocenters. The topological polar surface area (TPSA) is 3.24 Å². The first-order valence-electron chi connectivity index (χ1n) is 14.1. The minimum absolute atomic E-state index is 0.180. The number of aryl methyl sites for hydroxylation is 1. The van der Waals surface area contributed by atoms with Crippen LogP contribution in [0.25, 0.3) is 11.1 Å². The highest BCUT2D eigenvalue weighted by Crippen LogP contribution is 2.69. The third kappa shape index (κ3) is 3.12. The average Bonchev–Trinajstić information content (AvgIpc) is 3.21. The number of hydrogen-bond donors (Lipinski definition) is 0. The molecular formula is C35H31Cl2N. The molecule has 38 heavy (non-hydrogen) atoms. The number of benzene rings is 4. The van der Waals surface area contributed by atoms with Gasteiger partial charge in [-0.25, -0.2) is 0 Å². The third-order valence-corrected chi connectivity index (χ3v) is 11.0. The fourth-order valence-corrected chi connectivity index (χ4v) is 9.62. The number of anilines is 3. The van der Waals surface area contributed by atoms with Crippen molar-refractivity contribution in [3.8, 4) is 11.1 Å². The summed E-state index contributed by atoms with van der Waals surface area (Å²) in [6.07, 6.45) is 7.07. The van der Waals surface area contributed by atoms with E-state index in [4.69, 9.17) is 23.2 Å². The molecule has 3 heteroatoms. The van der Waals surface area contributed by atoms with Crippen LogP contribution in [0.5, 0.6) is 0 Å². The van der Waals surface area contributed by atoms with Crippen LogP contribution in [0.3, 0.4) is 0 Å². The molecule has 0 atom stereocenters. The van der Waals surface area contributed by atoms with Crippen LogP contribution in [0, 0.1) is 30.6 Å². The smallest absolute Gasteiger partial charge is 0.0832 e. The van der Waals surface area contributed by atoms with E-state index in [1.165, 1.54) is 43.2 Å². The predicted molar refractivity (Wildman–Crippen MR) is 159 cm³/mol. The van der Waals surface area contributed by atoms with Crippen molar-refractivity contribution in [3.05, 3.63) is 112 Å². The summed E-state index contributed by atoms with van der Waals surface area (Å²) in [6.45, 7) is 2.07. The molecular weight excluding hydrogens is 505 g/mol. The SMILES string of the molecule is Cc1cc(Cl)c(Cl)c(N(c2ccccc2)c2ccc3c(c2)-c2ccccc2C32C3CC4CC(C3)CC2C4)c1. The number of rotatable bonds is 3. The maximum atomic E-state index is 6.88. The van der Waals surface area contributed by atoms with Gasteiger partial charge in [-0.1, -0.05) is 71.7 Å². The number of nitrogens with zero attached hydrogens (tertiary/aromatic N) is 1. The maximum absolute atomic E-state index is 6.88. The van der Waals surface area contributed by atoms with Gasteiger partial charge in [-0.15, -0.1) is 0 Å². The Kier molecular flexibility index (Phi) is 5.11. The summed E-state index contributed by atoms with van der Waals surface area (Å²) in [5, 5.41) is 1.17. The molecule has 0 heterocycles. The van der Waals surface area contributed by atoms with Crippen LogP contribution in [-0.4, -0.2) is 0 Å². The number of hydrogen-bond acceptors (Lipinski definition) is 1. The van der Waals surface area contributed by atoms with Crippen LogP contribution in [-0.2, 0) is 5.41 Å². The molecule has 1 spiro atoms. The summed E-state index contributed by atoms with van der Waals surface area (Å²) < 4.78 is 0. The van der Waals surface area contributed by atoms with Crippen molar-refractivity contribution in [2.45, 2.75) is 44.4 Å². The van der Waals surface area contributed by atoms with E-state index >= 15 is 0 Å². The molecule has 4 saturated carbocycles. The Balaban J connectivity index is 1.35. The van der Waals surface area contributed by atoms with E-state index in [9.17, 15) is 0 Å². The van der Waals surface area contributed by atoms with Gasteiger partial charge < -0.3 is 4.90 Å². The highest BCUT2D eigenvalue weighted by Gasteiger charge is 2.61. The van der Waals surface area contributed by atoms with Gasteiger partial charge in [-0.3, -0.25) is 0 Å². The molecule has 0 aromatic heterocycles. The van der Waals surface area contributed by atoms with Crippen molar-refractivity contribution < 1.29 is 0 Å². The van der Waals surface area contributed by atoms with Crippen molar-refractivity contribution in [2.24, 2.45) is 23.7 Å². The van der Waals surface area contributed by atoms with Crippen LogP contribution in [0.1, 0.15) is 48.8 Å². The fraction of sp³-hybridized carbons (Fsp3) is 0.314. The predicted octanol–water partition coefficient (Wildman–Crippen LogP) is 10.5. The lowest BCUT2D eigenvalue weighted by atomic mass is 9.43. The Morgan fingerprint density at radius 2 is 1.32 bits per heavy atom. The van der Waals surface area contributed by atoms with E-state index in [2.05, 4.69) is 90.7 Å². The molecule has 0 aliphatic heterocycles. The van der Waals surface area contributed by atoms with E-state index in [0.717, 1.165) is 46.3 Å². The fourth-order valence-electron chi connectivity index (χ4n) is 9.16. The lowest BCUT2D eigenvalue weighted by Gasteiger charge is -2.61. The summed E-state index contributed by atoms with van der Waals surface area (Å²) in [5.41, 5.74) is 10.4.